The summed E-state index contributed by atoms with van der Waals surface area (Å²) in [7, 11) is 0. The van der Waals surface area contributed by atoms with Crippen molar-refractivity contribution in [2.24, 2.45) is 0 Å². The molecule has 16 heavy (non-hydrogen) atoms. The number of hydrogen-bond donors (Lipinski definition) is 3. The van der Waals surface area contributed by atoms with Crippen LogP contribution in [0.15, 0.2) is 14.4 Å². The molecular formula is C7H11N3O6. The molecule has 0 saturated carbocycles. The van der Waals surface area contributed by atoms with Crippen molar-refractivity contribution in [3.8, 4) is 0 Å². The van der Waals surface area contributed by atoms with E-state index in [1.807, 2.05) is 0 Å². The van der Waals surface area contributed by atoms with E-state index in [1.165, 1.54) is 0 Å². The molecule has 1 aromatic heterocycles. The van der Waals surface area contributed by atoms with Gasteiger partial charge in [-0.05, 0) is 0 Å². The van der Waals surface area contributed by atoms with Gasteiger partial charge in [0, 0.05) is 0 Å². The van der Waals surface area contributed by atoms with Gasteiger partial charge in [-0.2, -0.15) is 0 Å². The third kappa shape index (κ3) is 1.90. The summed E-state index contributed by atoms with van der Waals surface area (Å²) in [6, 6.07) is 0. The van der Waals surface area contributed by atoms with Gasteiger partial charge in [0.2, 0.25) is 0 Å². The zero-order chi connectivity index (χ0) is 12.3. The van der Waals surface area contributed by atoms with Crippen LogP contribution in [0.1, 0.15) is 0 Å². The van der Waals surface area contributed by atoms with Crippen molar-refractivity contribution in [1.82, 2.24) is 13.9 Å². The molecule has 0 bridgehead atoms. The fraction of sp³-hybridized carbons (Fsp3) is 0.571. The van der Waals surface area contributed by atoms with E-state index in [0.29, 0.717) is 9.13 Å². The quantitative estimate of drug-likeness (QED) is 0.461. The average Bonchev–Trinajstić information content (AvgIpc) is 2.28. The van der Waals surface area contributed by atoms with Gasteiger partial charge in [-0.3, -0.25) is 0 Å². The Kier molecular flexibility index (Phi) is 3.64. The van der Waals surface area contributed by atoms with Crippen molar-refractivity contribution in [3.05, 3.63) is 31.5 Å². The van der Waals surface area contributed by atoms with E-state index in [-0.39, 0.29) is 17.8 Å². The van der Waals surface area contributed by atoms with Gasteiger partial charge in [-0.15, -0.1) is 0 Å². The van der Waals surface area contributed by atoms with E-state index in [0.717, 1.165) is 0 Å². The minimum absolute atomic E-state index is 0.243. The minimum atomic E-state index is -1.22. The largest absolute Gasteiger partial charge is 0.420 e. The van der Waals surface area contributed by atoms with Gasteiger partial charge >= 0.3 is 17.1 Å². The van der Waals surface area contributed by atoms with Crippen LogP contribution in [0, 0.1) is 0 Å². The van der Waals surface area contributed by atoms with Crippen molar-refractivity contribution in [2.45, 2.75) is 13.1 Å². The second-order valence-corrected chi connectivity index (χ2v) is 2.91. The molecule has 0 atom stereocenters. The Bertz CT molecular complexity index is 494. The smallest absolute Gasteiger partial charge is 0.369 e. The molecule has 1 heterocycles. The molecule has 1 aromatic rings. The summed E-state index contributed by atoms with van der Waals surface area (Å²) in [4.78, 5) is 34.0. The predicted octanol–water partition coefficient (Wildman–Crippen LogP) is -3.61. The first-order valence-corrected chi connectivity index (χ1v) is 4.42. The predicted molar refractivity (Wildman–Crippen MR) is 50.6 cm³/mol. The second kappa shape index (κ2) is 4.77. The average molecular weight is 233 g/mol. The first-order valence-electron chi connectivity index (χ1n) is 4.42. The normalized spacial score (nSPS) is 10.6. The zero-order valence-corrected chi connectivity index (χ0v) is 8.24. The highest BCUT2D eigenvalue weighted by Crippen LogP contribution is 1.73. The summed E-state index contributed by atoms with van der Waals surface area (Å²) < 4.78 is 0.751. The summed E-state index contributed by atoms with van der Waals surface area (Å²) in [5.41, 5.74) is -3.43. The van der Waals surface area contributed by atoms with E-state index >= 15 is 0 Å². The number of aromatic nitrogens is 3. The van der Waals surface area contributed by atoms with Crippen LogP contribution < -0.4 is 17.1 Å². The molecule has 3 N–H and O–H groups in total. The summed E-state index contributed by atoms with van der Waals surface area (Å²) in [6.45, 7) is -1.67. The van der Waals surface area contributed by atoms with Gasteiger partial charge in [-0.1, -0.05) is 4.73 Å². The van der Waals surface area contributed by atoms with Gasteiger partial charge in [0.25, 0.3) is 0 Å². The highest BCUT2D eigenvalue weighted by molar-refractivity contribution is 4.76. The molecule has 0 radical (unpaired) electrons. The lowest BCUT2D eigenvalue weighted by Gasteiger charge is -2.08. The fourth-order valence-electron chi connectivity index (χ4n) is 1.20. The Morgan fingerprint density at radius 3 is 1.50 bits per heavy atom. The van der Waals surface area contributed by atoms with Crippen molar-refractivity contribution < 1.29 is 15.4 Å². The number of aliphatic hydroxyl groups is 2. The van der Waals surface area contributed by atoms with Crippen molar-refractivity contribution >= 4 is 0 Å². The maximum atomic E-state index is 11.5. The second-order valence-electron chi connectivity index (χ2n) is 2.91. The standard InChI is InChI=1S/C7H11N3O6/c11-3-1-8-5(13)9(2-4-12)7(15)10(16)6(8)14/h11-12,16H,1-4H2. The maximum Gasteiger partial charge on any atom is 0.369 e. The monoisotopic (exact) mass is 233 g/mol. The van der Waals surface area contributed by atoms with Crippen molar-refractivity contribution in [2.75, 3.05) is 13.2 Å². The summed E-state index contributed by atoms with van der Waals surface area (Å²) in [6.07, 6.45) is 0. The molecule has 9 nitrogen and oxygen atoms in total. The molecule has 0 aromatic carbocycles. The van der Waals surface area contributed by atoms with E-state index in [4.69, 9.17) is 15.4 Å². The minimum Gasteiger partial charge on any atom is -0.420 e. The van der Waals surface area contributed by atoms with Crippen LogP contribution >= 0.6 is 0 Å². The first kappa shape index (κ1) is 12.2. The highest BCUT2D eigenvalue weighted by atomic mass is 16.5. The Hall–Kier alpha value is -1.87. The highest BCUT2D eigenvalue weighted by Gasteiger charge is 2.13. The number of rotatable bonds is 4. The molecular weight excluding hydrogens is 222 g/mol. The van der Waals surface area contributed by atoms with Crippen LogP contribution in [0.2, 0.25) is 0 Å². The Morgan fingerprint density at radius 2 is 1.19 bits per heavy atom. The zero-order valence-electron chi connectivity index (χ0n) is 8.24. The van der Waals surface area contributed by atoms with Crippen molar-refractivity contribution in [1.29, 1.82) is 0 Å². The molecule has 0 saturated heterocycles. The molecule has 0 spiro atoms. The number of nitrogens with zero attached hydrogens (tertiary/aromatic N) is 3. The fourth-order valence-corrected chi connectivity index (χ4v) is 1.20. The molecule has 0 aliphatic carbocycles. The van der Waals surface area contributed by atoms with Gasteiger partial charge < -0.3 is 15.4 Å². The van der Waals surface area contributed by atoms with Gasteiger partial charge in [0.05, 0.1) is 26.3 Å². The van der Waals surface area contributed by atoms with Gasteiger partial charge in [0.1, 0.15) is 0 Å². The third-order valence-electron chi connectivity index (χ3n) is 1.93. The number of hydrogen-bond acceptors (Lipinski definition) is 6. The SMILES string of the molecule is O=c1n(O)c(=O)n(CCO)c(=O)n1CCO. The van der Waals surface area contributed by atoms with E-state index in [2.05, 4.69) is 0 Å². The lowest BCUT2D eigenvalue weighted by atomic mass is 10.6. The van der Waals surface area contributed by atoms with Crippen LogP contribution in [-0.2, 0) is 13.1 Å². The molecule has 0 unspecified atom stereocenters. The Labute approximate surface area is 88.0 Å². The first-order chi connectivity index (χ1) is 7.54. The van der Waals surface area contributed by atoms with Crippen LogP contribution in [-0.4, -0.2) is 42.5 Å². The van der Waals surface area contributed by atoms with Crippen LogP contribution in [0.4, 0.5) is 0 Å². The number of aliphatic hydroxyl groups excluding tert-OH is 2. The van der Waals surface area contributed by atoms with E-state index in [1.54, 1.807) is 0 Å². The molecule has 90 valence electrons. The lowest BCUT2D eigenvalue weighted by molar-refractivity contribution is 0.132. The lowest BCUT2D eigenvalue weighted by Crippen LogP contribution is -2.54. The maximum absolute atomic E-state index is 11.5. The molecule has 0 amide bonds. The molecule has 9 heteroatoms. The topological polar surface area (TPSA) is 127 Å². The van der Waals surface area contributed by atoms with Gasteiger partial charge in [-0.25, -0.2) is 23.5 Å². The Balaban J connectivity index is 3.59. The van der Waals surface area contributed by atoms with E-state index < -0.39 is 30.3 Å². The Morgan fingerprint density at radius 1 is 0.812 bits per heavy atom. The molecule has 0 aliphatic rings. The molecule has 0 aliphatic heterocycles. The van der Waals surface area contributed by atoms with Crippen LogP contribution in [0.25, 0.3) is 0 Å². The van der Waals surface area contributed by atoms with Gasteiger partial charge in [0.15, 0.2) is 0 Å². The summed E-state index contributed by atoms with van der Waals surface area (Å²) >= 11 is 0. The summed E-state index contributed by atoms with van der Waals surface area (Å²) in [5.74, 6) is 0. The summed E-state index contributed by atoms with van der Waals surface area (Å²) in [5, 5.41) is 26.3. The van der Waals surface area contributed by atoms with Crippen molar-refractivity contribution in [3.63, 3.8) is 0 Å². The van der Waals surface area contributed by atoms with E-state index in [9.17, 15) is 14.4 Å². The molecule has 0 fully saturated rings. The molecule has 1 rings (SSSR count). The third-order valence-corrected chi connectivity index (χ3v) is 1.93. The van der Waals surface area contributed by atoms with Crippen LogP contribution in [0.5, 0.6) is 0 Å². The van der Waals surface area contributed by atoms with Crippen LogP contribution in [0.3, 0.4) is 0 Å².